The Morgan fingerprint density at radius 1 is 1.04 bits per heavy atom. The van der Waals surface area contributed by atoms with Gasteiger partial charge >= 0.3 is 0 Å². The summed E-state index contributed by atoms with van der Waals surface area (Å²) in [5, 5.41) is 0.479. The maximum Gasteiger partial charge on any atom is 0.201 e. The van der Waals surface area contributed by atoms with Crippen LogP contribution < -0.4 is 4.74 Å². The lowest BCUT2D eigenvalue weighted by molar-refractivity contribution is 0.314. The van der Waals surface area contributed by atoms with Crippen molar-refractivity contribution in [1.29, 1.82) is 0 Å². The number of allylic oxidation sites excluding steroid dienone is 2. The molecule has 0 saturated carbocycles. The van der Waals surface area contributed by atoms with E-state index in [-0.39, 0.29) is 11.3 Å². The molecular formula is C23H26F2OS. The molecule has 2 atom stereocenters. The predicted molar refractivity (Wildman–Crippen MR) is 110 cm³/mol. The fourth-order valence-corrected chi connectivity index (χ4v) is 4.82. The first kappa shape index (κ1) is 19.9. The summed E-state index contributed by atoms with van der Waals surface area (Å²) in [6.07, 6.45) is 8.04. The molecule has 0 bridgehead atoms. The molecule has 4 heteroatoms. The van der Waals surface area contributed by atoms with Crippen molar-refractivity contribution in [3.05, 3.63) is 65.7 Å². The molecule has 0 aliphatic carbocycles. The lowest BCUT2D eigenvalue weighted by Gasteiger charge is -2.26. The van der Waals surface area contributed by atoms with Gasteiger partial charge in [0.25, 0.3) is 0 Å². The number of hydrogen-bond acceptors (Lipinski definition) is 2. The van der Waals surface area contributed by atoms with Crippen LogP contribution in [0.15, 0.2) is 48.6 Å². The van der Waals surface area contributed by atoms with Gasteiger partial charge in [-0.15, -0.1) is 0 Å². The van der Waals surface area contributed by atoms with Crippen molar-refractivity contribution in [3.8, 4) is 16.9 Å². The normalized spacial score (nSPS) is 20.1. The van der Waals surface area contributed by atoms with Gasteiger partial charge in [-0.3, -0.25) is 0 Å². The summed E-state index contributed by atoms with van der Waals surface area (Å²) in [5.41, 5.74) is 2.21. The van der Waals surface area contributed by atoms with Crippen molar-refractivity contribution in [3.63, 3.8) is 0 Å². The summed E-state index contributed by atoms with van der Waals surface area (Å²) >= 11 is 1.99. The third kappa shape index (κ3) is 4.73. The Morgan fingerprint density at radius 2 is 1.81 bits per heavy atom. The van der Waals surface area contributed by atoms with Crippen LogP contribution in [0.2, 0.25) is 0 Å². The molecular weight excluding hydrogens is 362 g/mol. The first-order valence-corrected chi connectivity index (χ1v) is 10.7. The van der Waals surface area contributed by atoms with Crippen LogP contribution in [0.4, 0.5) is 8.78 Å². The second-order valence-corrected chi connectivity index (χ2v) is 8.03. The molecule has 0 aromatic heterocycles. The van der Waals surface area contributed by atoms with Gasteiger partial charge in [-0.1, -0.05) is 43.3 Å². The first-order chi connectivity index (χ1) is 13.1. The average Bonchev–Trinajstić information content (AvgIpc) is 2.71. The minimum atomic E-state index is -0.924. The van der Waals surface area contributed by atoms with E-state index in [1.54, 1.807) is 13.0 Å². The third-order valence-corrected chi connectivity index (χ3v) is 6.43. The smallest absolute Gasteiger partial charge is 0.201 e. The standard InChI is InChI=1S/C23H26F2OS/c1-3-5-6-16-7-14-21(27-15-16)18-10-8-17(9-11-18)19-12-13-20(26-4-2)23(25)22(19)24/h5-6,8-13,16,21H,3-4,7,14-15H2,1-2H3/t16?,21-/m0/s1. The molecule has 0 spiro atoms. The largest absolute Gasteiger partial charge is 0.491 e. The van der Waals surface area contributed by atoms with Crippen molar-refractivity contribution in [1.82, 2.24) is 0 Å². The molecule has 2 aromatic carbocycles. The van der Waals surface area contributed by atoms with Crippen LogP contribution in [-0.4, -0.2) is 12.4 Å². The van der Waals surface area contributed by atoms with E-state index in [2.05, 4.69) is 19.1 Å². The molecule has 1 aliphatic rings. The molecule has 3 rings (SSSR count). The van der Waals surface area contributed by atoms with Gasteiger partial charge in [0.1, 0.15) is 0 Å². The molecule has 1 fully saturated rings. The molecule has 27 heavy (non-hydrogen) atoms. The van der Waals surface area contributed by atoms with Gasteiger partial charge in [0.2, 0.25) is 5.82 Å². The van der Waals surface area contributed by atoms with Crippen molar-refractivity contribution < 1.29 is 13.5 Å². The summed E-state index contributed by atoms with van der Waals surface area (Å²) in [4.78, 5) is 0. The van der Waals surface area contributed by atoms with Crippen LogP contribution in [0.3, 0.4) is 0 Å². The van der Waals surface area contributed by atoms with Gasteiger partial charge in [0.15, 0.2) is 11.6 Å². The minimum Gasteiger partial charge on any atom is -0.491 e. The van der Waals surface area contributed by atoms with Crippen LogP contribution in [0.5, 0.6) is 5.75 Å². The van der Waals surface area contributed by atoms with Gasteiger partial charge in [-0.25, -0.2) is 4.39 Å². The van der Waals surface area contributed by atoms with Crippen LogP contribution in [0, 0.1) is 17.6 Å². The van der Waals surface area contributed by atoms with Crippen molar-refractivity contribution in [2.24, 2.45) is 5.92 Å². The molecule has 1 saturated heterocycles. The molecule has 1 aliphatic heterocycles. The summed E-state index contributed by atoms with van der Waals surface area (Å²) in [5.74, 6) is -0.00690. The Kier molecular flexibility index (Phi) is 6.95. The Morgan fingerprint density at radius 3 is 2.44 bits per heavy atom. The molecule has 0 radical (unpaired) electrons. The van der Waals surface area contributed by atoms with Crippen LogP contribution in [0.25, 0.3) is 11.1 Å². The number of thioether (sulfide) groups is 1. The molecule has 1 heterocycles. The maximum atomic E-state index is 14.4. The van der Waals surface area contributed by atoms with E-state index in [1.807, 2.05) is 36.0 Å². The molecule has 1 unspecified atom stereocenters. The van der Waals surface area contributed by atoms with E-state index in [0.717, 1.165) is 18.6 Å². The predicted octanol–water partition coefficient (Wildman–Crippen LogP) is 7.18. The van der Waals surface area contributed by atoms with E-state index in [0.29, 0.717) is 23.3 Å². The van der Waals surface area contributed by atoms with Crippen LogP contribution in [-0.2, 0) is 0 Å². The second-order valence-electron chi connectivity index (χ2n) is 6.79. The summed E-state index contributed by atoms with van der Waals surface area (Å²) < 4.78 is 33.6. The van der Waals surface area contributed by atoms with Gasteiger partial charge in [-0.2, -0.15) is 16.2 Å². The Labute approximate surface area is 164 Å². The zero-order valence-corrected chi connectivity index (χ0v) is 16.7. The Bertz CT molecular complexity index is 778. The lowest BCUT2D eigenvalue weighted by Crippen LogP contribution is -2.11. The number of halogens is 2. The zero-order valence-electron chi connectivity index (χ0n) is 15.9. The van der Waals surface area contributed by atoms with Gasteiger partial charge in [0.05, 0.1) is 6.61 Å². The Hall–Kier alpha value is -1.81. The number of hydrogen-bond donors (Lipinski definition) is 0. The van der Waals surface area contributed by atoms with Crippen molar-refractivity contribution in [2.75, 3.05) is 12.4 Å². The van der Waals surface area contributed by atoms with Crippen LogP contribution in [0.1, 0.15) is 43.9 Å². The fourth-order valence-electron chi connectivity index (χ4n) is 3.41. The highest BCUT2D eigenvalue weighted by atomic mass is 32.2. The molecule has 1 nitrogen and oxygen atoms in total. The van der Waals surface area contributed by atoms with Crippen molar-refractivity contribution >= 4 is 11.8 Å². The molecule has 0 amide bonds. The quantitative estimate of drug-likeness (QED) is 0.485. The number of ether oxygens (including phenoxy) is 1. The van der Waals surface area contributed by atoms with Crippen LogP contribution >= 0.6 is 11.8 Å². The zero-order chi connectivity index (χ0) is 19.2. The highest BCUT2D eigenvalue weighted by Gasteiger charge is 2.22. The van der Waals surface area contributed by atoms with Gasteiger partial charge in [0, 0.05) is 16.6 Å². The summed E-state index contributed by atoms with van der Waals surface area (Å²) in [6.45, 7) is 4.21. The number of rotatable bonds is 6. The highest BCUT2D eigenvalue weighted by molar-refractivity contribution is 7.99. The molecule has 144 valence electrons. The van der Waals surface area contributed by atoms with Crippen molar-refractivity contribution in [2.45, 2.75) is 38.4 Å². The van der Waals surface area contributed by atoms with Gasteiger partial charge < -0.3 is 4.74 Å². The van der Waals surface area contributed by atoms with E-state index >= 15 is 0 Å². The summed E-state index contributed by atoms with van der Waals surface area (Å²) in [7, 11) is 0. The maximum absolute atomic E-state index is 14.4. The SMILES string of the molecule is CCC=CC1CC[C@@H](c2ccc(-c3ccc(OCC)c(F)c3F)cc2)SC1. The van der Waals surface area contributed by atoms with E-state index < -0.39 is 11.6 Å². The first-order valence-electron chi connectivity index (χ1n) is 9.63. The van der Waals surface area contributed by atoms with E-state index in [4.69, 9.17) is 4.74 Å². The highest BCUT2D eigenvalue weighted by Crippen LogP contribution is 2.41. The van der Waals surface area contributed by atoms with E-state index in [1.165, 1.54) is 18.1 Å². The average molecular weight is 389 g/mol. The Balaban J connectivity index is 1.71. The monoisotopic (exact) mass is 388 g/mol. The minimum absolute atomic E-state index is 0.0411. The second kappa shape index (κ2) is 9.41. The third-order valence-electron chi connectivity index (χ3n) is 4.90. The molecule has 0 N–H and O–H groups in total. The van der Waals surface area contributed by atoms with E-state index in [9.17, 15) is 8.78 Å². The lowest BCUT2D eigenvalue weighted by atomic mass is 9.97. The molecule has 2 aromatic rings. The summed E-state index contributed by atoms with van der Waals surface area (Å²) in [6, 6.07) is 10.9. The van der Waals surface area contributed by atoms with Gasteiger partial charge in [-0.05, 0) is 55.4 Å². The fraction of sp³-hybridized carbons (Fsp3) is 0.391. The number of benzene rings is 2. The topological polar surface area (TPSA) is 9.23 Å².